The van der Waals surface area contributed by atoms with Crippen LogP contribution < -0.4 is 14.4 Å². The number of pyridine rings is 1. The maximum absolute atomic E-state index is 14.6. The van der Waals surface area contributed by atoms with Gasteiger partial charge >= 0.3 is 0 Å². The Labute approximate surface area is 294 Å². The Balaban J connectivity index is 1.46. The number of aliphatic hydroxyl groups excluding tert-OH is 1. The van der Waals surface area contributed by atoms with E-state index in [-0.39, 0.29) is 53.4 Å². The molecule has 6 rings (SSSR count). The minimum absolute atomic E-state index is 0.0124. The first-order valence-electron chi connectivity index (χ1n) is 17.0. The Bertz CT molecular complexity index is 1990. The second-order valence-electron chi connectivity index (χ2n) is 14.9. The van der Waals surface area contributed by atoms with Crippen LogP contribution in [0.15, 0.2) is 71.6 Å². The Morgan fingerprint density at radius 3 is 2.44 bits per heavy atom. The molecule has 2 aromatic heterocycles. The van der Waals surface area contributed by atoms with Crippen molar-refractivity contribution in [2.45, 2.75) is 83.8 Å². The lowest BCUT2D eigenvalue weighted by Gasteiger charge is -2.36. The molecule has 4 aromatic rings. The largest absolute Gasteiger partial charge is 0.475 e. The first-order chi connectivity index (χ1) is 23.7. The Hall–Kier alpha value is -4.55. The number of aliphatic hydroxyl groups is 1. The number of amides is 1. The van der Waals surface area contributed by atoms with Crippen LogP contribution in [0, 0.1) is 19.3 Å². The molecule has 12 heteroatoms. The number of sulfonamides is 1. The number of ether oxygens (including phenoxy) is 1. The SMILES string of the molecule is Cc1cccc(C)c1-c1cc2nc(n1)NS(=O)(=O)c1cccc(c1)C(=O)N(Cc1cccc(N3CCC[C@]3(C)CO)n1)[C@H](CC(C)(C)C)CO2. The number of rotatable bonds is 6. The molecule has 0 unspecified atom stereocenters. The fourth-order valence-corrected chi connectivity index (χ4v) is 7.99. The third-order valence-corrected chi connectivity index (χ3v) is 10.8. The van der Waals surface area contributed by atoms with E-state index >= 15 is 0 Å². The van der Waals surface area contributed by atoms with Gasteiger partial charge in [0, 0.05) is 23.7 Å². The van der Waals surface area contributed by atoms with Crippen molar-refractivity contribution in [3.05, 3.63) is 89.1 Å². The average molecular weight is 699 g/mol. The van der Waals surface area contributed by atoms with Crippen LogP contribution in [0.3, 0.4) is 0 Å². The number of hydrogen-bond donors (Lipinski definition) is 2. The molecule has 2 atom stereocenters. The van der Waals surface area contributed by atoms with Gasteiger partial charge in [0.15, 0.2) is 0 Å². The predicted octanol–water partition coefficient (Wildman–Crippen LogP) is 6.15. The monoisotopic (exact) mass is 698 g/mol. The number of benzene rings is 2. The first kappa shape index (κ1) is 35.3. The predicted molar refractivity (Wildman–Crippen MR) is 194 cm³/mol. The number of aromatic nitrogens is 3. The number of anilines is 2. The van der Waals surface area contributed by atoms with E-state index in [9.17, 15) is 18.3 Å². The molecule has 0 spiro atoms. The third kappa shape index (κ3) is 7.46. The minimum atomic E-state index is -4.19. The molecule has 0 saturated carbocycles. The summed E-state index contributed by atoms with van der Waals surface area (Å²) in [5.41, 5.74) is 3.58. The molecule has 2 aliphatic heterocycles. The van der Waals surface area contributed by atoms with E-state index in [4.69, 9.17) is 9.72 Å². The van der Waals surface area contributed by atoms with Crippen LogP contribution in [0.2, 0.25) is 0 Å². The zero-order chi connectivity index (χ0) is 35.8. The number of fused-ring (bicyclic) bond motifs is 4. The summed E-state index contributed by atoms with van der Waals surface area (Å²) in [6.45, 7) is 13.3. The van der Waals surface area contributed by atoms with Crippen LogP contribution in [0.25, 0.3) is 11.3 Å². The van der Waals surface area contributed by atoms with Crippen LogP contribution >= 0.6 is 0 Å². The van der Waals surface area contributed by atoms with Gasteiger partial charge in [-0.25, -0.2) is 23.1 Å². The molecule has 264 valence electrons. The zero-order valence-electron chi connectivity index (χ0n) is 29.6. The number of nitrogens with one attached hydrogen (secondary N) is 1. The third-order valence-electron chi connectivity index (χ3n) is 9.52. The molecule has 2 N–H and O–H groups in total. The van der Waals surface area contributed by atoms with E-state index in [1.165, 1.54) is 12.1 Å². The van der Waals surface area contributed by atoms with Gasteiger partial charge in [-0.3, -0.25) is 4.79 Å². The van der Waals surface area contributed by atoms with Gasteiger partial charge in [-0.15, -0.1) is 0 Å². The molecule has 2 aromatic carbocycles. The highest BCUT2D eigenvalue weighted by molar-refractivity contribution is 7.92. The highest BCUT2D eigenvalue weighted by Crippen LogP contribution is 2.34. The maximum atomic E-state index is 14.6. The van der Waals surface area contributed by atoms with E-state index < -0.39 is 21.6 Å². The average Bonchev–Trinajstić information content (AvgIpc) is 3.46. The molecule has 4 heterocycles. The van der Waals surface area contributed by atoms with Crippen molar-refractivity contribution >= 4 is 27.7 Å². The lowest BCUT2D eigenvalue weighted by Crippen LogP contribution is -2.46. The molecule has 4 bridgehead atoms. The van der Waals surface area contributed by atoms with Gasteiger partial charge in [0.05, 0.1) is 41.0 Å². The summed E-state index contributed by atoms with van der Waals surface area (Å²) >= 11 is 0. The van der Waals surface area contributed by atoms with Gasteiger partial charge in [0.1, 0.15) is 12.4 Å². The summed E-state index contributed by atoms with van der Waals surface area (Å²) in [5.74, 6) is 0.454. The zero-order valence-corrected chi connectivity index (χ0v) is 30.4. The maximum Gasteiger partial charge on any atom is 0.264 e. The fraction of sp³-hybridized carbons (Fsp3) is 0.421. The molecule has 0 radical (unpaired) electrons. The van der Waals surface area contributed by atoms with E-state index in [2.05, 4.69) is 40.4 Å². The van der Waals surface area contributed by atoms with Crippen LogP contribution in [0.1, 0.15) is 74.1 Å². The van der Waals surface area contributed by atoms with Crippen LogP contribution in [-0.2, 0) is 16.6 Å². The molecule has 11 nitrogen and oxygen atoms in total. The lowest BCUT2D eigenvalue weighted by molar-refractivity contribution is 0.0509. The summed E-state index contributed by atoms with van der Waals surface area (Å²) in [4.78, 5) is 32.5. The second kappa shape index (κ2) is 13.6. The van der Waals surface area contributed by atoms with Gasteiger partial charge in [-0.1, -0.05) is 51.1 Å². The molecule has 1 fully saturated rings. The first-order valence-corrected chi connectivity index (χ1v) is 18.5. The summed E-state index contributed by atoms with van der Waals surface area (Å²) in [7, 11) is -4.19. The van der Waals surface area contributed by atoms with Crippen LogP contribution in [0.5, 0.6) is 5.88 Å². The smallest absolute Gasteiger partial charge is 0.264 e. The van der Waals surface area contributed by atoms with Crippen LogP contribution in [0.4, 0.5) is 11.8 Å². The second-order valence-corrected chi connectivity index (χ2v) is 16.6. The van der Waals surface area contributed by atoms with E-state index in [1.807, 2.05) is 57.2 Å². The number of nitrogens with zero attached hydrogens (tertiary/aromatic N) is 5. The normalized spacial score (nSPS) is 20.7. The molecular formula is C38H46N6O5S. The van der Waals surface area contributed by atoms with Crippen molar-refractivity contribution < 1.29 is 23.1 Å². The molecule has 1 amide bonds. The Morgan fingerprint density at radius 2 is 1.72 bits per heavy atom. The van der Waals surface area contributed by atoms with E-state index in [0.29, 0.717) is 17.8 Å². The fourth-order valence-electron chi connectivity index (χ4n) is 7.00. The topological polar surface area (TPSA) is 138 Å². The standard InChI is InChI=1S/C38H46N6O5S/c1-25-11-7-12-26(2)34(25)31-20-33-41-36(40-31)42-50(47,48)30-15-8-13-27(19-30)35(46)43(29(23-49-33)21-37(3,4)5)22-28-14-9-16-32(39-28)44-18-10-17-38(44,6)24-45/h7-9,11-16,19-20,29,45H,10,17-18,21-24H2,1-6H3,(H,40,41,42)/t29-,38-/m1/s1. The van der Waals surface area contributed by atoms with Crippen molar-refractivity contribution in [2.75, 3.05) is 29.4 Å². The number of aryl methyl sites for hydroxylation is 2. The van der Waals surface area contributed by atoms with Crippen molar-refractivity contribution in [1.29, 1.82) is 0 Å². The molecule has 2 aliphatic rings. The molecule has 0 aliphatic carbocycles. The van der Waals surface area contributed by atoms with Crippen molar-refractivity contribution in [3.8, 4) is 17.1 Å². The minimum Gasteiger partial charge on any atom is -0.475 e. The van der Waals surface area contributed by atoms with Crippen LogP contribution in [-0.4, -0.2) is 70.6 Å². The molecular weight excluding hydrogens is 653 g/mol. The van der Waals surface area contributed by atoms with Crippen molar-refractivity contribution in [1.82, 2.24) is 19.9 Å². The quantitative estimate of drug-likeness (QED) is 0.243. The Morgan fingerprint density at radius 1 is 1.00 bits per heavy atom. The number of carbonyl (C=O) groups excluding carboxylic acids is 1. The van der Waals surface area contributed by atoms with Gasteiger partial charge < -0.3 is 19.6 Å². The summed E-state index contributed by atoms with van der Waals surface area (Å²) in [6, 6.07) is 18.9. The van der Waals surface area contributed by atoms with Crippen molar-refractivity contribution in [2.24, 2.45) is 5.41 Å². The summed E-state index contributed by atoms with van der Waals surface area (Å²) < 4.78 is 36.4. The highest BCUT2D eigenvalue weighted by atomic mass is 32.2. The Kier molecular flexibility index (Phi) is 9.62. The highest BCUT2D eigenvalue weighted by Gasteiger charge is 2.37. The molecule has 1 saturated heterocycles. The van der Waals surface area contributed by atoms with Gasteiger partial charge in [-0.05, 0) is 86.9 Å². The van der Waals surface area contributed by atoms with Gasteiger partial charge in [-0.2, -0.15) is 4.98 Å². The summed E-state index contributed by atoms with van der Waals surface area (Å²) in [6.07, 6.45) is 2.38. The van der Waals surface area contributed by atoms with Crippen molar-refractivity contribution in [3.63, 3.8) is 0 Å². The van der Waals surface area contributed by atoms with Gasteiger partial charge in [0.25, 0.3) is 15.9 Å². The lowest BCUT2D eigenvalue weighted by atomic mass is 9.87. The number of hydrogen-bond acceptors (Lipinski definition) is 9. The molecule has 50 heavy (non-hydrogen) atoms. The van der Waals surface area contributed by atoms with E-state index in [1.54, 1.807) is 23.1 Å². The number of carbonyl (C=O) groups is 1. The van der Waals surface area contributed by atoms with E-state index in [0.717, 1.165) is 41.9 Å². The van der Waals surface area contributed by atoms with Gasteiger partial charge in [0.2, 0.25) is 11.8 Å². The summed E-state index contributed by atoms with van der Waals surface area (Å²) in [5, 5.41) is 10.2.